The van der Waals surface area contributed by atoms with E-state index in [2.05, 4.69) is 26.2 Å². The summed E-state index contributed by atoms with van der Waals surface area (Å²) in [6.45, 7) is 1.99. The molecule has 0 saturated heterocycles. The lowest BCUT2D eigenvalue weighted by Gasteiger charge is -2.05. The van der Waals surface area contributed by atoms with E-state index in [4.69, 9.17) is 0 Å². The first-order chi connectivity index (χ1) is 10.3. The second-order valence-corrected chi connectivity index (χ2v) is 5.28. The molecule has 2 aromatic rings. The molecule has 0 unspecified atom stereocenters. The molecular weight excluding hydrogens is 288 g/mol. The van der Waals surface area contributed by atoms with Crippen molar-refractivity contribution in [3.05, 3.63) is 35.9 Å². The number of likely N-dealkylation sites (N-methyl/N-ethyl adjacent to an activating group) is 1. The van der Waals surface area contributed by atoms with Gasteiger partial charge in [-0.05, 0) is 23.0 Å². The van der Waals surface area contributed by atoms with Crippen LogP contribution in [0.3, 0.4) is 0 Å². The van der Waals surface area contributed by atoms with E-state index in [0.29, 0.717) is 24.0 Å². The summed E-state index contributed by atoms with van der Waals surface area (Å²) in [5.41, 5.74) is 1.08. The minimum Gasteiger partial charge on any atom is -0.351 e. The average Bonchev–Trinajstić information content (AvgIpc) is 2.97. The Balaban J connectivity index is 1.75. The molecule has 0 saturated carbocycles. The number of rotatable bonds is 8. The summed E-state index contributed by atoms with van der Waals surface area (Å²) in [4.78, 5) is 11.8. The van der Waals surface area contributed by atoms with Gasteiger partial charge in [-0.1, -0.05) is 42.1 Å². The highest BCUT2D eigenvalue weighted by atomic mass is 32.2. The zero-order valence-corrected chi connectivity index (χ0v) is 12.6. The molecule has 0 aliphatic carbocycles. The molecule has 2 rings (SSSR count). The van der Waals surface area contributed by atoms with Crippen LogP contribution in [0.25, 0.3) is 0 Å². The third-order valence-electron chi connectivity index (χ3n) is 2.74. The first-order valence-corrected chi connectivity index (χ1v) is 7.62. The molecule has 0 bridgehead atoms. The third-order valence-corrected chi connectivity index (χ3v) is 3.69. The lowest BCUT2D eigenvalue weighted by atomic mass is 10.2. The van der Waals surface area contributed by atoms with Crippen molar-refractivity contribution in [1.29, 1.82) is 0 Å². The van der Waals surface area contributed by atoms with Gasteiger partial charge in [0, 0.05) is 13.1 Å². The monoisotopic (exact) mass is 306 g/mol. The number of tetrazole rings is 1. The number of nitrogens with one attached hydrogen (secondary N) is 2. The van der Waals surface area contributed by atoms with Crippen LogP contribution in [-0.4, -0.2) is 45.5 Å². The summed E-state index contributed by atoms with van der Waals surface area (Å²) >= 11 is 1.33. The van der Waals surface area contributed by atoms with Crippen LogP contribution < -0.4 is 10.6 Å². The normalized spacial score (nSPS) is 10.5. The third kappa shape index (κ3) is 5.16. The smallest absolute Gasteiger partial charge is 0.230 e. The molecule has 1 aromatic carbocycles. The number of hydrogen-bond donors (Lipinski definition) is 2. The van der Waals surface area contributed by atoms with E-state index >= 15 is 0 Å². The van der Waals surface area contributed by atoms with Gasteiger partial charge in [0.1, 0.15) is 0 Å². The molecule has 0 fully saturated rings. The maximum atomic E-state index is 11.8. The SMILES string of the molecule is CNCCn1nnnc1SCC(=O)NCc1ccccc1. The Hall–Kier alpha value is -1.93. The number of carbonyl (C=O) groups is 1. The van der Waals surface area contributed by atoms with E-state index in [1.165, 1.54) is 11.8 Å². The lowest BCUT2D eigenvalue weighted by molar-refractivity contribution is -0.118. The van der Waals surface area contributed by atoms with Gasteiger partial charge in [0.05, 0.1) is 12.3 Å². The minimum atomic E-state index is -0.0352. The maximum Gasteiger partial charge on any atom is 0.230 e. The lowest BCUT2D eigenvalue weighted by Crippen LogP contribution is -2.24. The van der Waals surface area contributed by atoms with E-state index in [0.717, 1.165) is 12.1 Å². The van der Waals surface area contributed by atoms with E-state index in [1.807, 2.05) is 37.4 Å². The first-order valence-electron chi connectivity index (χ1n) is 6.64. The molecule has 8 heteroatoms. The van der Waals surface area contributed by atoms with Gasteiger partial charge in [-0.25, -0.2) is 4.68 Å². The van der Waals surface area contributed by atoms with Gasteiger partial charge < -0.3 is 10.6 Å². The Morgan fingerprint density at radius 2 is 2.14 bits per heavy atom. The number of hydrogen-bond acceptors (Lipinski definition) is 6. The van der Waals surface area contributed by atoms with Crippen molar-refractivity contribution in [3.63, 3.8) is 0 Å². The van der Waals surface area contributed by atoms with Crippen LogP contribution in [0, 0.1) is 0 Å². The van der Waals surface area contributed by atoms with E-state index in [1.54, 1.807) is 4.68 Å². The molecule has 0 aliphatic rings. The van der Waals surface area contributed by atoms with Gasteiger partial charge in [0.2, 0.25) is 11.1 Å². The second-order valence-electron chi connectivity index (χ2n) is 4.34. The fourth-order valence-electron chi connectivity index (χ4n) is 1.64. The van der Waals surface area contributed by atoms with Gasteiger partial charge >= 0.3 is 0 Å². The quantitative estimate of drug-likeness (QED) is 0.683. The molecule has 0 aliphatic heterocycles. The Morgan fingerprint density at radius 3 is 2.90 bits per heavy atom. The number of amides is 1. The van der Waals surface area contributed by atoms with Crippen LogP contribution in [0.4, 0.5) is 0 Å². The van der Waals surface area contributed by atoms with E-state index < -0.39 is 0 Å². The zero-order valence-electron chi connectivity index (χ0n) is 11.8. The van der Waals surface area contributed by atoms with Gasteiger partial charge in [0.15, 0.2) is 0 Å². The Kier molecular flexibility index (Phi) is 6.17. The van der Waals surface area contributed by atoms with Crippen LogP contribution in [0.2, 0.25) is 0 Å². The van der Waals surface area contributed by atoms with Crippen molar-refractivity contribution >= 4 is 17.7 Å². The first kappa shape index (κ1) is 15.5. The molecule has 0 atom stereocenters. The van der Waals surface area contributed by atoms with Crippen molar-refractivity contribution in [3.8, 4) is 0 Å². The number of carbonyl (C=O) groups excluding carboxylic acids is 1. The molecule has 1 heterocycles. The zero-order chi connectivity index (χ0) is 14.9. The minimum absolute atomic E-state index is 0.0352. The molecule has 1 aromatic heterocycles. The van der Waals surface area contributed by atoms with E-state index in [9.17, 15) is 4.79 Å². The van der Waals surface area contributed by atoms with Crippen molar-refractivity contribution in [2.24, 2.45) is 0 Å². The molecule has 1 amide bonds. The number of thioether (sulfide) groups is 1. The van der Waals surface area contributed by atoms with Crippen LogP contribution >= 0.6 is 11.8 Å². The van der Waals surface area contributed by atoms with Gasteiger partial charge in [0.25, 0.3) is 0 Å². The van der Waals surface area contributed by atoms with Gasteiger partial charge in [-0.2, -0.15) is 0 Å². The highest BCUT2D eigenvalue weighted by Gasteiger charge is 2.09. The van der Waals surface area contributed by atoms with Crippen LogP contribution in [-0.2, 0) is 17.9 Å². The molecule has 112 valence electrons. The summed E-state index contributed by atoms with van der Waals surface area (Å²) in [7, 11) is 1.87. The number of aromatic nitrogens is 4. The van der Waals surface area contributed by atoms with Gasteiger partial charge in [-0.3, -0.25) is 4.79 Å². The Morgan fingerprint density at radius 1 is 1.33 bits per heavy atom. The topological polar surface area (TPSA) is 84.7 Å². The molecular formula is C13H18N6OS. The Bertz CT molecular complexity index is 559. The number of benzene rings is 1. The van der Waals surface area contributed by atoms with Gasteiger partial charge in [-0.15, -0.1) is 5.10 Å². The standard InChI is InChI=1S/C13H18N6OS/c1-14-7-8-19-13(16-17-18-19)21-10-12(20)15-9-11-5-3-2-4-6-11/h2-6,14H,7-10H2,1H3,(H,15,20). The largest absolute Gasteiger partial charge is 0.351 e. The molecule has 21 heavy (non-hydrogen) atoms. The summed E-state index contributed by atoms with van der Waals surface area (Å²) < 4.78 is 1.69. The van der Waals surface area contributed by atoms with Crippen molar-refractivity contribution in [1.82, 2.24) is 30.8 Å². The average molecular weight is 306 g/mol. The van der Waals surface area contributed by atoms with Crippen LogP contribution in [0.5, 0.6) is 0 Å². The highest BCUT2D eigenvalue weighted by molar-refractivity contribution is 7.99. The molecule has 0 radical (unpaired) electrons. The number of nitrogens with zero attached hydrogens (tertiary/aromatic N) is 4. The van der Waals surface area contributed by atoms with E-state index in [-0.39, 0.29) is 5.91 Å². The summed E-state index contributed by atoms with van der Waals surface area (Å²) in [5, 5.41) is 18.0. The predicted molar refractivity (Wildman–Crippen MR) is 80.8 cm³/mol. The summed E-state index contributed by atoms with van der Waals surface area (Å²) in [6.07, 6.45) is 0. The van der Waals surface area contributed by atoms with Crippen molar-refractivity contribution in [2.75, 3.05) is 19.3 Å². The van der Waals surface area contributed by atoms with Crippen LogP contribution in [0.1, 0.15) is 5.56 Å². The molecule has 2 N–H and O–H groups in total. The maximum absolute atomic E-state index is 11.8. The fraction of sp³-hybridized carbons (Fsp3) is 0.385. The predicted octanol–water partition coefficient (Wildman–Crippen LogP) is 0.301. The highest BCUT2D eigenvalue weighted by Crippen LogP contribution is 2.12. The molecule has 0 spiro atoms. The van der Waals surface area contributed by atoms with Crippen molar-refractivity contribution < 1.29 is 4.79 Å². The summed E-state index contributed by atoms with van der Waals surface area (Å²) in [6, 6.07) is 9.81. The Labute approximate surface area is 127 Å². The second kappa shape index (κ2) is 8.38. The summed E-state index contributed by atoms with van der Waals surface area (Å²) in [5.74, 6) is 0.263. The molecule has 7 nitrogen and oxygen atoms in total. The van der Waals surface area contributed by atoms with Crippen molar-refractivity contribution in [2.45, 2.75) is 18.2 Å². The van der Waals surface area contributed by atoms with Crippen LogP contribution in [0.15, 0.2) is 35.5 Å². The fourth-order valence-corrected chi connectivity index (χ4v) is 2.37.